The zero-order chi connectivity index (χ0) is 22.2. The first-order valence-electron chi connectivity index (χ1n) is 11.0. The van der Waals surface area contributed by atoms with Crippen molar-refractivity contribution in [3.05, 3.63) is 53.8 Å². The van der Waals surface area contributed by atoms with E-state index in [-0.39, 0.29) is 11.7 Å². The zero-order valence-electron chi connectivity index (χ0n) is 18.7. The Balaban J connectivity index is 1.54. The number of halogens is 1. The van der Waals surface area contributed by atoms with Gasteiger partial charge in [0.1, 0.15) is 5.75 Å². The monoisotopic (exact) mass is 430 g/mol. The fourth-order valence-corrected chi connectivity index (χ4v) is 3.97. The van der Waals surface area contributed by atoms with Crippen LogP contribution in [0.4, 0.5) is 10.1 Å². The van der Waals surface area contributed by atoms with Gasteiger partial charge in [-0.25, -0.2) is 4.39 Å². The lowest BCUT2D eigenvalue weighted by molar-refractivity contribution is -0.892. The fraction of sp³-hybridized carbons (Fsp3) is 0.458. The minimum atomic E-state index is -0.405. The molecule has 0 radical (unpaired) electrons. The lowest BCUT2D eigenvalue weighted by atomic mass is 10.2. The van der Waals surface area contributed by atoms with Crippen LogP contribution < -0.4 is 19.3 Å². The Labute approximate surface area is 184 Å². The summed E-state index contributed by atoms with van der Waals surface area (Å²) in [6.07, 6.45) is 0. The predicted molar refractivity (Wildman–Crippen MR) is 119 cm³/mol. The molecule has 1 fully saturated rings. The molecule has 7 heteroatoms. The van der Waals surface area contributed by atoms with Crippen LogP contribution in [-0.2, 0) is 11.3 Å². The molecule has 31 heavy (non-hydrogen) atoms. The van der Waals surface area contributed by atoms with Gasteiger partial charge in [0.25, 0.3) is 5.91 Å². The van der Waals surface area contributed by atoms with E-state index in [1.54, 1.807) is 17.0 Å². The van der Waals surface area contributed by atoms with E-state index in [0.717, 1.165) is 43.2 Å². The van der Waals surface area contributed by atoms with Gasteiger partial charge >= 0.3 is 0 Å². The molecule has 0 bridgehead atoms. The number of hydrogen-bond donors (Lipinski definition) is 1. The van der Waals surface area contributed by atoms with E-state index in [2.05, 4.69) is 11.0 Å². The van der Waals surface area contributed by atoms with Crippen molar-refractivity contribution < 1.29 is 23.6 Å². The molecule has 0 unspecified atom stereocenters. The van der Waals surface area contributed by atoms with Gasteiger partial charge in [-0.1, -0.05) is 18.2 Å². The second-order valence-electron chi connectivity index (χ2n) is 7.69. The van der Waals surface area contributed by atoms with Crippen LogP contribution in [0.5, 0.6) is 11.5 Å². The number of methoxy groups -OCH3 is 1. The van der Waals surface area contributed by atoms with E-state index < -0.39 is 5.82 Å². The summed E-state index contributed by atoms with van der Waals surface area (Å²) in [5.74, 6) is 0.814. The Bertz CT molecular complexity index is 869. The minimum Gasteiger partial charge on any atom is -0.494 e. The van der Waals surface area contributed by atoms with Gasteiger partial charge in [-0.3, -0.25) is 4.79 Å². The highest BCUT2D eigenvalue weighted by molar-refractivity contribution is 5.77. The highest BCUT2D eigenvalue weighted by Crippen LogP contribution is 2.27. The van der Waals surface area contributed by atoms with E-state index in [0.29, 0.717) is 26.2 Å². The number of piperazine rings is 1. The third-order valence-corrected chi connectivity index (χ3v) is 5.70. The Morgan fingerprint density at radius 3 is 2.52 bits per heavy atom. The maximum absolute atomic E-state index is 14.0. The van der Waals surface area contributed by atoms with E-state index in [1.807, 2.05) is 32.0 Å². The SMILES string of the molecule is CCOc1ccccc1N1CC[NH+](CC(=O)N(CC)Cc2ccc(OC)c(F)c2)CC1. The molecule has 0 atom stereocenters. The average molecular weight is 431 g/mol. The number of ether oxygens (including phenoxy) is 2. The molecular formula is C24H33FN3O3+. The molecule has 3 rings (SSSR count). The highest BCUT2D eigenvalue weighted by atomic mass is 19.1. The number of carbonyl (C=O) groups is 1. The first-order valence-corrected chi connectivity index (χ1v) is 11.0. The van der Waals surface area contributed by atoms with Crippen LogP contribution >= 0.6 is 0 Å². The number of rotatable bonds is 9. The summed E-state index contributed by atoms with van der Waals surface area (Å²) in [6.45, 7) is 9.56. The largest absolute Gasteiger partial charge is 0.494 e. The Morgan fingerprint density at radius 2 is 1.87 bits per heavy atom. The zero-order valence-corrected chi connectivity index (χ0v) is 18.7. The summed E-state index contributed by atoms with van der Waals surface area (Å²) in [6, 6.07) is 13.0. The van der Waals surface area contributed by atoms with Crippen molar-refractivity contribution in [1.82, 2.24) is 4.90 Å². The number of nitrogens with one attached hydrogen (secondary N) is 1. The van der Waals surface area contributed by atoms with Gasteiger partial charge in [-0.15, -0.1) is 0 Å². The molecule has 1 heterocycles. The molecule has 0 spiro atoms. The summed E-state index contributed by atoms with van der Waals surface area (Å²) >= 11 is 0. The minimum absolute atomic E-state index is 0.0943. The molecule has 0 saturated carbocycles. The summed E-state index contributed by atoms with van der Waals surface area (Å²) in [4.78, 5) is 18.3. The topological polar surface area (TPSA) is 46.5 Å². The second kappa shape index (κ2) is 11.0. The number of hydrogen-bond acceptors (Lipinski definition) is 4. The number of anilines is 1. The Kier molecular flexibility index (Phi) is 8.12. The van der Waals surface area contributed by atoms with Crippen molar-refractivity contribution in [3.63, 3.8) is 0 Å². The molecular weight excluding hydrogens is 397 g/mol. The standard InChI is InChI=1S/C24H32FN3O3/c1-4-27(17-19-10-11-22(30-3)20(25)16-19)24(29)18-26-12-14-28(15-13-26)21-8-6-7-9-23(21)31-5-2/h6-11,16H,4-5,12-15,17-18H2,1-3H3/p+1. The van der Waals surface area contributed by atoms with Crippen LogP contribution in [0.1, 0.15) is 19.4 Å². The third kappa shape index (κ3) is 5.88. The molecule has 0 aromatic heterocycles. The molecule has 6 nitrogen and oxygen atoms in total. The van der Waals surface area contributed by atoms with Crippen LogP contribution in [0, 0.1) is 5.82 Å². The Morgan fingerprint density at radius 1 is 1.13 bits per heavy atom. The molecule has 2 aromatic rings. The summed E-state index contributed by atoms with van der Waals surface area (Å²) < 4.78 is 24.7. The van der Waals surface area contributed by atoms with Gasteiger partial charge in [0.2, 0.25) is 0 Å². The molecule has 1 saturated heterocycles. The van der Waals surface area contributed by atoms with Gasteiger partial charge < -0.3 is 24.2 Å². The predicted octanol–water partition coefficient (Wildman–Crippen LogP) is 1.99. The molecule has 168 valence electrons. The quantitative estimate of drug-likeness (QED) is 0.661. The van der Waals surface area contributed by atoms with Gasteiger partial charge in [0.05, 0.1) is 45.6 Å². The molecule has 0 aliphatic carbocycles. The Hall–Kier alpha value is -2.80. The molecule has 1 aliphatic rings. The number of benzene rings is 2. The van der Waals surface area contributed by atoms with Crippen molar-refractivity contribution >= 4 is 11.6 Å². The smallest absolute Gasteiger partial charge is 0.278 e. The maximum atomic E-state index is 14.0. The van der Waals surface area contributed by atoms with E-state index in [1.165, 1.54) is 18.1 Å². The van der Waals surface area contributed by atoms with E-state index >= 15 is 0 Å². The van der Waals surface area contributed by atoms with Gasteiger partial charge in [0.15, 0.2) is 18.1 Å². The van der Waals surface area contributed by atoms with Crippen molar-refractivity contribution in [2.75, 3.05) is 57.9 Å². The maximum Gasteiger partial charge on any atom is 0.278 e. The second-order valence-corrected chi connectivity index (χ2v) is 7.69. The average Bonchev–Trinajstić information content (AvgIpc) is 2.78. The van der Waals surface area contributed by atoms with Crippen molar-refractivity contribution in [3.8, 4) is 11.5 Å². The molecule has 2 aromatic carbocycles. The number of likely N-dealkylation sites (N-methyl/N-ethyl adjacent to an activating group) is 1. The number of carbonyl (C=O) groups excluding carboxylic acids is 1. The number of quaternary nitrogens is 1. The van der Waals surface area contributed by atoms with Gasteiger partial charge in [0, 0.05) is 13.1 Å². The summed E-state index contributed by atoms with van der Waals surface area (Å²) in [5.41, 5.74) is 1.88. The lowest BCUT2D eigenvalue weighted by Crippen LogP contribution is -3.15. The summed E-state index contributed by atoms with van der Waals surface area (Å²) in [7, 11) is 1.44. The van der Waals surface area contributed by atoms with Crippen molar-refractivity contribution in [2.24, 2.45) is 0 Å². The van der Waals surface area contributed by atoms with Crippen molar-refractivity contribution in [1.29, 1.82) is 0 Å². The molecule has 1 aliphatic heterocycles. The lowest BCUT2D eigenvalue weighted by Gasteiger charge is -2.34. The molecule has 1 N–H and O–H groups in total. The van der Waals surface area contributed by atoms with Crippen LogP contribution in [0.15, 0.2) is 42.5 Å². The van der Waals surface area contributed by atoms with Gasteiger partial charge in [-0.2, -0.15) is 0 Å². The normalized spacial score (nSPS) is 14.4. The number of nitrogens with zero attached hydrogens (tertiary/aromatic N) is 2. The van der Waals surface area contributed by atoms with Crippen LogP contribution in [-0.4, -0.2) is 63.8 Å². The van der Waals surface area contributed by atoms with Crippen LogP contribution in [0.3, 0.4) is 0 Å². The summed E-state index contributed by atoms with van der Waals surface area (Å²) in [5, 5.41) is 0. The third-order valence-electron chi connectivity index (χ3n) is 5.70. The number of amides is 1. The van der Waals surface area contributed by atoms with Crippen LogP contribution in [0.25, 0.3) is 0 Å². The number of para-hydroxylation sites is 2. The first kappa shape index (κ1) is 22.9. The van der Waals surface area contributed by atoms with Gasteiger partial charge in [-0.05, 0) is 43.7 Å². The molecule has 1 amide bonds. The van der Waals surface area contributed by atoms with E-state index in [4.69, 9.17) is 9.47 Å². The van der Waals surface area contributed by atoms with Crippen molar-refractivity contribution in [2.45, 2.75) is 20.4 Å². The first-order chi connectivity index (χ1) is 15.0. The van der Waals surface area contributed by atoms with E-state index in [9.17, 15) is 9.18 Å². The van der Waals surface area contributed by atoms with Crippen LogP contribution in [0.2, 0.25) is 0 Å². The fourth-order valence-electron chi connectivity index (χ4n) is 3.97. The highest BCUT2D eigenvalue weighted by Gasteiger charge is 2.26.